The van der Waals surface area contributed by atoms with Crippen molar-refractivity contribution in [3.8, 4) is 11.5 Å². The predicted molar refractivity (Wildman–Crippen MR) is 143 cm³/mol. The average molecular weight is 520 g/mol. The first-order valence-electron chi connectivity index (χ1n) is 12.4. The SMILES string of the molecule is CCC(C)(C)NC(=O)C(c1ccc(C)o1)N(C(=O)Cn1nnc2ccccc21)c1ccc(OC)cc1OC. The fraction of sp³-hybridized carbons (Fsp3) is 0.357. The number of para-hydroxylation sites is 1. The molecule has 0 aliphatic heterocycles. The number of ether oxygens (including phenoxy) is 2. The first-order valence-corrected chi connectivity index (χ1v) is 12.4. The van der Waals surface area contributed by atoms with Crippen LogP contribution in [0.5, 0.6) is 11.5 Å². The van der Waals surface area contributed by atoms with Gasteiger partial charge in [0.1, 0.15) is 35.1 Å². The van der Waals surface area contributed by atoms with Gasteiger partial charge < -0.3 is 19.2 Å². The van der Waals surface area contributed by atoms with Crippen LogP contribution in [0.3, 0.4) is 0 Å². The summed E-state index contributed by atoms with van der Waals surface area (Å²) in [5, 5.41) is 11.4. The Balaban J connectivity index is 1.87. The first kappa shape index (κ1) is 26.7. The normalized spacial score (nSPS) is 12.3. The number of carbonyl (C=O) groups is 2. The third kappa shape index (κ3) is 5.49. The van der Waals surface area contributed by atoms with E-state index in [0.29, 0.717) is 46.2 Å². The maximum absolute atomic E-state index is 14.2. The molecule has 1 atom stereocenters. The van der Waals surface area contributed by atoms with Crippen molar-refractivity contribution >= 4 is 28.5 Å². The van der Waals surface area contributed by atoms with Gasteiger partial charge in [-0.25, -0.2) is 4.68 Å². The van der Waals surface area contributed by atoms with Crippen LogP contribution in [0.1, 0.15) is 44.8 Å². The standard InChI is InChI=1S/C28H33N5O5/c1-7-28(3,4)29-27(35)26(23-15-12-18(2)38-23)33(22-14-13-19(36-5)16-24(22)37-6)25(34)17-32-21-11-9-8-10-20(21)30-31-32/h8-16,26H,7,17H2,1-6H3,(H,29,35). The number of nitrogens with one attached hydrogen (secondary N) is 1. The van der Waals surface area contributed by atoms with Gasteiger partial charge in [-0.2, -0.15) is 0 Å². The molecule has 1 N–H and O–H groups in total. The number of carbonyl (C=O) groups excluding carboxylic acids is 2. The van der Waals surface area contributed by atoms with Gasteiger partial charge in [-0.3, -0.25) is 14.5 Å². The molecule has 0 saturated carbocycles. The van der Waals surface area contributed by atoms with Crippen molar-refractivity contribution in [2.24, 2.45) is 0 Å². The summed E-state index contributed by atoms with van der Waals surface area (Å²) < 4.78 is 18.5. The number of benzene rings is 2. The zero-order valence-electron chi connectivity index (χ0n) is 22.5. The zero-order valence-corrected chi connectivity index (χ0v) is 22.5. The van der Waals surface area contributed by atoms with E-state index in [1.165, 1.54) is 16.7 Å². The summed E-state index contributed by atoms with van der Waals surface area (Å²) in [5.41, 5.74) is 1.22. The van der Waals surface area contributed by atoms with Crippen molar-refractivity contribution < 1.29 is 23.5 Å². The van der Waals surface area contributed by atoms with E-state index in [0.717, 1.165) is 0 Å². The molecular formula is C28H33N5O5. The van der Waals surface area contributed by atoms with Gasteiger partial charge in [0.2, 0.25) is 5.91 Å². The van der Waals surface area contributed by atoms with Crippen LogP contribution in [0.2, 0.25) is 0 Å². The molecule has 4 rings (SSSR count). The van der Waals surface area contributed by atoms with Gasteiger partial charge in [-0.15, -0.1) is 5.10 Å². The molecule has 38 heavy (non-hydrogen) atoms. The highest BCUT2D eigenvalue weighted by Gasteiger charge is 2.38. The van der Waals surface area contributed by atoms with E-state index in [9.17, 15) is 9.59 Å². The highest BCUT2D eigenvalue weighted by molar-refractivity contribution is 6.02. The molecule has 2 amide bonds. The number of nitrogens with zero attached hydrogens (tertiary/aromatic N) is 4. The van der Waals surface area contributed by atoms with E-state index in [1.807, 2.05) is 45.0 Å². The lowest BCUT2D eigenvalue weighted by Gasteiger charge is -2.34. The lowest BCUT2D eigenvalue weighted by atomic mass is 10.0. The Bertz CT molecular complexity index is 1440. The van der Waals surface area contributed by atoms with Gasteiger partial charge in [0.25, 0.3) is 5.91 Å². The number of amides is 2. The van der Waals surface area contributed by atoms with E-state index in [1.54, 1.807) is 44.4 Å². The Morgan fingerprint density at radius 2 is 1.87 bits per heavy atom. The number of rotatable bonds is 10. The van der Waals surface area contributed by atoms with Crippen molar-refractivity contribution in [2.45, 2.75) is 52.2 Å². The van der Waals surface area contributed by atoms with E-state index in [-0.39, 0.29) is 12.5 Å². The number of furan rings is 1. The average Bonchev–Trinajstić information content (AvgIpc) is 3.52. The minimum atomic E-state index is -1.13. The molecule has 4 aromatic rings. The Morgan fingerprint density at radius 3 is 2.53 bits per heavy atom. The molecule has 10 heteroatoms. The largest absolute Gasteiger partial charge is 0.497 e. The van der Waals surface area contributed by atoms with Gasteiger partial charge in [0.05, 0.1) is 25.4 Å². The number of anilines is 1. The molecule has 2 aromatic carbocycles. The highest BCUT2D eigenvalue weighted by Crippen LogP contribution is 2.38. The molecule has 0 fully saturated rings. The fourth-order valence-electron chi connectivity index (χ4n) is 4.10. The van der Waals surface area contributed by atoms with Crippen LogP contribution in [-0.2, 0) is 16.1 Å². The maximum atomic E-state index is 14.2. The summed E-state index contributed by atoms with van der Waals surface area (Å²) in [6.07, 6.45) is 0.688. The Hall–Kier alpha value is -4.34. The van der Waals surface area contributed by atoms with Crippen LogP contribution in [0, 0.1) is 6.92 Å². The van der Waals surface area contributed by atoms with Crippen LogP contribution in [0.4, 0.5) is 5.69 Å². The number of aryl methyl sites for hydroxylation is 1. The van der Waals surface area contributed by atoms with E-state index in [4.69, 9.17) is 13.9 Å². The smallest absolute Gasteiger partial charge is 0.251 e. The van der Waals surface area contributed by atoms with Gasteiger partial charge in [-0.05, 0) is 63.6 Å². The number of hydrogen-bond acceptors (Lipinski definition) is 7. The maximum Gasteiger partial charge on any atom is 0.251 e. The third-order valence-corrected chi connectivity index (χ3v) is 6.50. The first-order chi connectivity index (χ1) is 18.2. The van der Waals surface area contributed by atoms with Gasteiger partial charge in [0.15, 0.2) is 6.04 Å². The minimum Gasteiger partial charge on any atom is -0.497 e. The van der Waals surface area contributed by atoms with Crippen molar-refractivity contribution in [1.82, 2.24) is 20.3 Å². The zero-order chi connectivity index (χ0) is 27.4. The lowest BCUT2D eigenvalue weighted by Crippen LogP contribution is -2.51. The molecule has 2 heterocycles. The summed E-state index contributed by atoms with van der Waals surface area (Å²) in [6, 6.07) is 14.8. The summed E-state index contributed by atoms with van der Waals surface area (Å²) in [7, 11) is 3.04. The second-order valence-electron chi connectivity index (χ2n) is 9.61. The summed E-state index contributed by atoms with van der Waals surface area (Å²) in [6.45, 7) is 7.46. The summed E-state index contributed by atoms with van der Waals surface area (Å²) in [5.74, 6) is 1.04. The van der Waals surface area contributed by atoms with Crippen LogP contribution in [-0.4, -0.2) is 46.6 Å². The Kier molecular flexibility index (Phi) is 7.70. The number of aromatic nitrogens is 3. The molecule has 1 unspecified atom stereocenters. The molecule has 0 aliphatic carbocycles. The van der Waals surface area contributed by atoms with Crippen LogP contribution < -0.4 is 19.7 Å². The van der Waals surface area contributed by atoms with Crippen molar-refractivity contribution in [2.75, 3.05) is 19.1 Å². The third-order valence-electron chi connectivity index (χ3n) is 6.50. The molecule has 0 aliphatic rings. The Labute approximate surface area is 221 Å². The van der Waals surface area contributed by atoms with E-state index in [2.05, 4.69) is 15.6 Å². The van der Waals surface area contributed by atoms with Crippen LogP contribution in [0.25, 0.3) is 11.0 Å². The molecule has 10 nitrogen and oxygen atoms in total. The summed E-state index contributed by atoms with van der Waals surface area (Å²) >= 11 is 0. The van der Waals surface area contributed by atoms with Crippen LogP contribution >= 0.6 is 0 Å². The van der Waals surface area contributed by atoms with Crippen molar-refractivity contribution in [3.63, 3.8) is 0 Å². The van der Waals surface area contributed by atoms with Gasteiger partial charge >= 0.3 is 0 Å². The molecule has 200 valence electrons. The topological polar surface area (TPSA) is 112 Å². The molecule has 0 saturated heterocycles. The highest BCUT2D eigenvalue weighted by atomic mass is 16.5. The number of methoxy groups -OCH3 is 2. The fourth-order valence-corrected chi connectivity index (χ4v) is 4.10. The van der Waals surface area contributed by atoms with Gasteiger partial charge in [0, 0.05) is 11.6 Å². The number of hydrogen-bond donors (Lipinski definition) is 1. The predicted octanol–water partition coefficient (Wildman–Crippen LogP) is 4.43. The van der Waals surface area contributed by atoms with Crippen molar-refractivity contribution in [1.29, 1.82) is 0 Å². The quantitative estimate of drug-likeness (QED) is 0.330. The summed E-state index contributed by atoms with van der Waals surface area (Å²) in [4.78, 5) is 29.5. The molecular weight excluding hydrogens is 486 g/mol. The van der Waals surface area contributed by atoms with Gasteiger partial charge in [-0.1, -0.05) is 24.3 Å². The van der Waals surface area contributed by atoms with Crippen molar-refractivity contribution in [3.05, 3.63) is 66.1 Å². The lowest BCUT2D eigenvalue weighted by molar-refractivity contribution is -0.128. The number of fused-ring (bicyclic) bond motifs is 1. The molecule has 0 bridgehead atoms. The van der Waals surface area contributed by atoms with E-state index < -0.39 is 17.5 Å². The second-order valence-corrected chi connectivity index (χ2v) is 9.61. The molecule has 2 aromatic heterocycles. The second kappa shape index (κ2) is 11.0. The molecule has 0 spiro atoms. The van der Waals surface area contributed by atoms with Crippen LogP contribution in [0.15, 0.2) is 59.0 Å². The molecule has 0 radical (unpaired) electrons. The minimum absolute atomic E-state index is 0.170. The van der Waals surface area contributed by atoms with E-state index >= 15 is 0 Å². The monoisotopic (exact) mass is 519 g/mol. The Morgan fingerprint density at radius 1 is 1.11 bits per heavy atom.